The first-order chi connectivity index (χ1) is 20.0. The molecule has 0 saturated carbocycles. The third kappa shape index (κ3) is 4.91. The van der Waals surface area contributed by atoms with Crippen LogP contribution in [0.15, 0.2) is 106 Å². The summed E-state index contributed by atoms with van der Waals surface area (Å²) in [5.74, 6) is 0.434. The van der Waals surface area contributed by atoms with Crippen molar-refractivity contribution in [2.45, 2.75) is 33.4 Å². The summed E-state index contributed by atoms with van der Waals surface area (Å²) < 4.78 is 10.0. The van der Waals surface area contributed by atoms with Crippen molar-refractivity contribution in [2.24, 2.45) is 4.99 Å². The van der Waals surface area contributed by atoms with Gasteiger partial charge in [-0.15, -0.1) is 0 Å². The van der Waals surface area contributed by atoms with Crippen molar-refractivity contribution >= 4 is 39.9 Å². The number of aryl methyl sites for hydroxylation is 1. The van der Waals surface area contributed by atoms with Gasteiger partial charge in [-0.2, -0.15) is 0 Å². The van der Waals surface area contributed by atoms with E-state index in [1.165, 1.54) is 11.3 Å². The normalized spacial score (nSPS) is 15.1. The predicted octanol–water partition coefficient (Wildman–Crippen LogP) is 5.25. The molecule has 2 aromatic heterocycles. The number of nitrogens with zero attached hydrogens (tertiary/aromatic N) is 3. The Hall–Kier alpha value is -4.69. The van der Waals surface area contributed by atoms with Gasteiger partial charge in [0.1, 0.15) is 5.75 Å². The van der Waals surface area contributed by atoms with Crippen molar-refractivity contribution in [2.75, 3.05) is 11.9 Å². The van der Waals surface area contributed by atoms with E-state index in [0.717, 1.165) is 34.3 Å². The molecule has 7 nitrogen and oxygen atoms in total. The highest BCUT2D eigenvalue weighted by molar-refractivity contribution is 7.07. The summed E-state index contributed by atoms with van der Waals surface area (Å²) >= 11 is 1.34. The largest absolute Gasteiger partial charge is 0.494 e. The zero-order valence-electron chi connectivity index (χ0n) is 23.1. The molecular weight excluding hydrogens is 532 g/mol. The lowest BCUT2D eigenvalue weighted by atomic mass is 9.95. The second-order valence-electron chi connectivity index (χ2n) is 9.79. The zero-order chi connectivity index (χ0) is 28.5. The maximum Gasteiger partial charge on any atom is 0.271 e. The lowest BCUT2D eigenvalue weighted by Gasteiger charge is -2.25. The van der Waals surface area contributed by atoms with Gasteiger partial charge in [0.05, 0.1) is 28.5 Å². The fraction of sp³-hybridized carbons (Fsp3) is 0.182. The first-order valence-corrected chi connectivity index (χ1v) is 14.5. The number of thiazole rings is 1. The molecule has 3 heterocycles. The van der Waals surface area contributed by atoms with E-state index in [1.807, 2.05) is 86.7 Å². The topological polar surface area (TPSA) is 77.6 Å². The van der Waals surface area contributed by atoms with Crippen molar-refractivity contribution in [3.05, 3.63) is 127 Å². The molecule has 0 spiro atoms. The summed E-state index contributed by atoms with van der Waals surface area (Å²) in [6.07, 6.45) is 4.02. The average Bonchev–Trinajstić information content (AvgIpc) is 3.50. The number of benzene rings is 3. The van der Waals surface area contributed by atoms with Crippen LogP contribution in [-0.2, 0) is 11.3 Å². The van der Waals surface area contributed by atoms with Crippen LogP contribution in [0.4, 0.5) is 5.69 Å². The molecule has 0 saturated heterocycles. The maximum absolute atomic E-state index is 14.1. The predicted molar refractivity (Wildman–Crippen MR) is 164 cm³/mol. The number of hydrogen-bond acceptors (Lipinski definition) is 5. The van der Waals surface area contributed by atoms with Gasteiger partial charge in [-0.1, -0.05) is 59.9 Å². The molecule has 206 valence electrons. The molecule has 8 heteroatoms. The van der Waals surface area contributed by atoms with Gasteiger partial charge in [0, 0.05) is 34.9 Å². The number of allylic oxidation sites excluding steroid dienone is 1. The molecule has 0 radical (unpaired) electrons. The Bertz CT molecular complexity index is 1960. The Morgan fingerprint density at radius 1 is 1.02 bits per heavy atom. The zero-order valence-corrected chi connectivity index (χ0v) is 23.9. The number of carbonyl (C=O) groups is 1. The van der Waals surface area contributed by atoms with E-state index in [9.17, 15) is 9.59 Å². The van der Waals surface area contributed by atoms with Crippen molar-refractivity contribution in [1.82, 2.24) is 9.13 Å². The number of nitrogens with one attached hydrogen (secondary N) is 1. The van der Waals surface area contributed by atoms with Crippen LogP contribution in [0.2, 0.25) is 0 Å². The summed E-state index contributed by atoms with van der Waals surface area (Å²) in [5.41, 5.74) is 4.40. The number of aromatic nitrogens is 2. The van der Waals surface area contributed by atoms with E-state index < -0.39 is 6.04 Å². The molecule has 0 bridgehead atoms. The average molecular weight is 563 g/mol. The molecule has 1 aliphatic heterocycles. The number of fused-ring (bicyclic) bond motifs is 2. The van der Waals surface area contributed by atoms with Crippen LogP contribution in [0.25, 0.3) is 17.0 Å². The number of rotatable bonds is 7. The lowest BCUT2D eigenvalue weighted by molar-refractivity contribution is -0.113. The van der Waals surface area contributed by atoms with Crippen molar-refractivity contribution in [3.63, 3.8) is 0 Å². The molecule has 41 heavy (non-hydrogen) atoms. The third-order valence-corrected chi connectivity index (χ3v) is 8.23. The van der Waals surface area contributed by atoms with Crippen LogP contribution in [0.1, 0.15) is 37.9 Å². The van der Waals surface area contributed by atoms with Gasteiger partial charge < -0.3 is 14.6 Å². The van der Waals surface area contributed by atoms with Gasteiger partial charge in [0.25, 0.3) is 11.5 Å². The molecule has 1 atom stereocenters. The molecule has 1 amide bonds. The number of para-hydroxylation sites is 2. The van der Waals surface area contributed by atoms with Crippen LogP contribution >= 0.6 is 11.3 Å². The van der Waals surface area contributed by atoms with Gasteiger partial charge in [0.15, 0.2) is 4.80 Å². The molecule has 0 aliphatic carbocycles. The second-order valence-corrected chi connectivity index (χ2v) is 10.8. The first kappa shape index (κ1) is 26.5. The molecule has 0 fully saturated rings. The minimum atomic E-state index is -0.648. The van der Waals surface area contributed by atoms with Crippen molar-refractivity contribution < 1.29 is 9.53 Å². The second kappa shape index (κ2) is 11.1. The fourth-order valence-electron chi connectivity index (χ4n) is 5.35. The van der Waals surface area contributed by atoms with Crippen LogP contribution in [0, 0.1) is 0 Å². The van der Waals surface area contributed by atoms with E-state index in [2.05, 4.69) is 35.1 Å². The Morgan fingerprint density at radius 2 is 1.76 bits per heavy atom. The molecule has 0 unspecified atom stereocenters. The highest BCUT2D eigenvalue weighted by atomic mass is 32.1. The summed E-state index contributed by atoms with van der Waals surface area (Å²) in [6.45, 7) is 7.24. The van der Waals surface area contributed by atoms with Gasteiger partial charge in [-0.3, -0.25) is 14.2 Å². The number of carbonyl (C=O) groups excluding carboxylic acids is 1. The number of hydrogen-bond donors (Lipinski definition) is 1. The van der Waals surface area contributed by atoms with E-state index >= 15 is 0 Å². The van der Waals surface area contributed by atoms with Gasteiger partial charge in [0.2, 0.25) is 0 Å². The maximum atomic E-state index is 14.1. The van der Waals surface area contributed by atoms with Crippen LogP contribution in [0.5, 0.6) is 5.75 Å². The van der Waals surface area contributed by atoms with E-state index in [1.54, 1.807) is 4.57 Å². The highest BCUT2D eigenvalue weighted by Gasteiger charge is 2.32. The molecule has 1 aliphatic rings. The summed E-state index contributed by atoms with van der Waals surface area (Å²) in [4.78, 5) is 33.2. The van der Waals surface area contributed by atoms with Gasteiger partial charge in [-0.05, 0) is 62.7 Å². The molecule has 5 aromatic rings. The van der Waals surface area contributed by atoms with Crippen LogP contribution < -0.4 is 24.9 Å². The summed E-state index contributed by atoms with van der Waals surface area (Å²) in [5, 5.41) is 4.08. The molecule has 6 rings (SSSR count). The third-order valence-electron chi connectivity index (χ3n) is 7.25. The van der Waals surface area contributed by atoms with Crippen molar-refractivity contribution in [3.8, 4) is 5.75 Å². The smallest absolute Gasteiger partial charge is 0.271 e. The monoisotopic (exact) mass is 562 g/mol. The lowest BCUT2D eigenvalue weighted by Crippen LogP contribution is -2.40. The van der Waals surface area contributed by atoms with E-state index in [4.69, 9.17) is 9.73 Å². The Labute approximate surface area is 241 Å². The molecular formula is C33H30N4O3S. The Kier molecular flexibility index (Phi) is 7.15. The quantitative estimate of drug-likeness (QED) is 0.295. The number of anilines is 1. The standard InChI is InChI=1S/C33H30N4O3S/c1-4-36-20-23(26-13-9-10-14-27(26)36)19-28-32(39)37-30(22-15-17-25(18-16-22)40-5-2)29(21(3)34-33(37)41-28)31(38)35-24-11-7-6-8-12-24/h6-20,30H,4-5H2,1-3H3,(H,35,38)/b28-19-/t30-/m1/s1. The van der Waals surface area contributed by atoms with Gasteiger partial charge >= 0.3 is 0 Å². The Morgan fingerprint density at radius 3 is 2.49 bits per heavy atom. The van der Waals surface area contributed by atoms with Gasteiger partial charge in [-0.25, -0.2) is 4.99 Å². The fourth-order valence-corrected chi connectivity index (χ4v) is 6.39. The highest BCUT2D eigenvalue weighted by Crippen LogP contribution is 2.32. The summed E-state index contributed by atoms with van der Waals surface area (Å²) in [7, 11) is 0. The number of ether oxygens (including phenoxy) is 1. The minimum absolute atomic E-state index is 0.182. The number of amides is 1. The SMILES string of the molecule is CCOc1ccc([C@@H]2C(C(=O)Nc3ccccc3)=C(C)N=c3s/c(=C\c4cn(CC)c5ccccc45)c(=O)n32)cc1. The summed E-state index contributed by atoms with van der Waals surface area (Å²) in [6, 6.07) is 24.4. The molecule has 1 N–H and O–H groups in total. The van der Waals surface area contributed by atoms with E-state index in [-0.39, 0.29) is 11.5 Å². The van der Waals surface area contributed by atoms with E-state index in [0.29, 0.717) is 32.9 Å². The van der Waals surface area contributed by atoms with Crippen LogP contribution in [-0.4, -0.2) is 21.6 Å². The molecule has 3 aromatic carbocycles. The van der Waals surface area contributed by atoms with Crippen molar-refractivity contribution in [1.29, 1.82) is 0 Å². The minimum Gasteiger partial charge on any atom is -0.494 e. The van der Waals surface area contributed by atoms with Crippen LogP contribution in [0.3, 0.4) is 0 Å². The Balaban J connectivity index is 1.52. The first-order valence-electron chi connectivity index (χ1n) is 13.7.